The molecule has 0 aromatic heterocycles. The summed E-state index contributed by atoms with van der Waals surface area (Å²) in [5.74, 6) is -0.589. The number of hydroxylamine groups is 1. The summed E-state index contributed by atoms with van der Waals surface area (Å²) in [6.45, 7) is 2.66. The average Bonchev–Trinajstić information content (AvgIpc) is 2.75. The Labute approximate surface area is 186 Å². The summed E-state index contributed by atoms with van der Waals surface area (Å²) in [4.78, 5) is 11.9. The number of carbonyl (C=O) groups is 1. The van der Waals surface area contributed by atoms with Crippen LogP contribution in [-0.4, -0.2) is 25.2 Å². The Kier molecular flexibility index (Phi) is 7.68. The molecule has 1 amide bonds. The number of amides is 1. The average molecular weight is 494 g/mol. The van der Waals surface area contributed by atoms with E-state index in [0.717, 1.165) is 28.4 Å². The van der Waals surface area contributed by atoms with Crippen molar-refractivity contribution in [3.05, 3.63) is 69.3 Å². The number of carbonyl (C=O) groups excluding carboxylic acids is 1. The lowest BCUT2D eigenvalue weighted by Gasteiger charge is -2.32. The van der Waals surface area contributed by atoms with Gasteiger partial charge in [0.15, 0.2) is 0 Å². The molecule has 0 aliphatic heterocycles. The molecule has 0 saturated heterocycles. The predicted octanol–water partition coefficient (Wildman–Crippen LogP) is 4.37. The van der Waals surface area contributed by atoms with Crippen LogP contribution in [0.1, 0.15) is 36.8 Å². The summed E-state index contributed by atoms with van der Waals surface area (Å²) in [5.41, 5.74) is 3.50. The van der Waals surface area contributed by atoms with Gasteiger partial charge in [-0.15, -0.1) is 0 Å². The second kappa shape index (κ2) is 10.0. The fraction of sp³-hybridized carbons (Fsp3) is 0.409. The van der Waals surface area contributed by atoms with Gasteiger partial charge in [0.2, 0.25) is 15.9 Å². The highest BCUT2D eigenvalue weighted by Gasteiger charge is 2.31. The Bertz CT molecular complexity index is 971. The number of sulfonamides is 1. The van der Waals surface area contributed by atoms with E-state index < -0.39 is 15.9 Å². The van der Waals surface area contributed by atoms with Gasteiger partial charge in [-0.1, -0.05) is 40.2 Å². The molecule has 2 aromatic carbocycles. The standard InChI is InChI=1S/C22H26BrN2O4S/c1-16-4-2-3-5-19(16)15-25(30(28,29)21-12-10-20(23)11-13-21)14-17-6-8-18(9-7-17)22(26)24-27/h2-5,10-13,17-18H,6-9,14-15H2,1H3,(H-,24,26,27)/q-1. The molecule has 8 heteroatoms. The van der Waals surface area contributed by atoms with Crippen LogP contribution in [0, 0.1) is 24.0 Å². The molecule has 3 rings (SSSR count). The Morgan fingerprint density at radius 2 is 1.73 bits per heavy atom. The van der Waals surface area contributed by atoms with Crippen LogP contribution in [0.5, 0.6) is 0 Å². The maximum atomic E-state index is 13.5. The monoisotopic (exact) mass is 493 g/mol. The quantitative estimate of drug-likeness (QED) is 0.579. The molecule has 6 nitrogen and oxygen atoms in total. The summed E-state index contributed by atoms with van der Waals surface area (Å²) in [5, 5.41) is 10.6. The second-order valence-corrected chi connectivity index (χ2v) is 10.7. The minimum Gasteiger partial charge on any atom is -0.759 e. The van der Waals surface area contributed by atoms with Crippen LogP contribution in [0.25, 0.3) is 0 Å². The molecule has 1 N–H and O–H groups in total. The van der Waals surface area contributed by atoms with Gasteiger partial charge in [0, 0.05) is 23.5 Å². The number of rotatable bonds is 7. The van der Waals surface area contributed by atoms with Crippen molar-refractivity contribution in [2.24, 2.45) is 11.8 Å². The van der Waals surface area contributed by atoms with E-state index in [1.807, 2.05) is 31.2 Å². The first kappa shape index (κ1) is 22.9. The van der Waals surface area contributed by atoms with Crippen LogP contribution in [0.15, 0.2) is 57.9 Å². The molecular weight excluding hydrogens is 468 g/mol. The topological polar surface area (TPSA) is 89.5 Å². The van der Waals surface area contributed by atoms with Crippen LogP contribution in [-0.2, 0) is 21.4 Å². The number of aryl methyl sites for hydroxylation is 1. The van der Waals surface area contributed by atoms with E-state index in [9.17, 15) is 18.4 Å². The highest BCUT2D eigenvalue weighted by atomic mass is 79.9. The third-order valence-corrected chi connectivity index (χ3v) is 8.19. The number of benzene rings is 2. The maximum absolute atomic E-state index is 13.5. The lowest BCUT2D eigenvalue weighted by molar-refractivity contribution is -0.125. The maximum Gasteiger partial charge on any atom is 0.243 e. The molecule has 162 valence electrons. The van der Waals surface area contributed by atoms with Gasteiger partial charge in [-0.05, 0) is 73.9 Å². The Hall–Kier alpha value is -1.74. The van der Waals surface area contributed by atoms with Crippen molar-refractivity contribution in [2.75, 3.05) is 6.54 Å². The SMILES string of the molecule is Cc1ccccc1CN(CC1CCC(C(=O)N[O-])CC1)S(=O)(=O)c1ccc(Br)cc1. The summed E-state index contributed by atoms with van der Waals surface area (Å²) in [6.07, 6.45) is 2.65. The van der Waals surface area contributed by atoms with Crippen molar-refractivity contribution in [1.29, 1.82) is 0 Å². The molecule has 0 radical (unpaired) electrons. The van der Waals surface area contributed by atoms with Crippen molar-refractivity contribution in [2.45, 2.75) is 44.0 Å². The van der Waals surface area contributed by atoms with Crippen molar-refractivity contribution >= 4 is 31.9 Å². The van der Waals surface area contributed by atoms with E-state index >= 15 is 0 Å². The fourth-order valence-electron chi connectivity index (χ4n) is 3.96. The van der Waals surface area contributed by atoms with Gasteiger partial charge >= 0.3 is 0 Å². The van der Waals surface area contributed by atoms with E-state index in [4.69, 9.17) is 0 Å². The highest BCUT2D eigenvalue weighted by molar-refractivity contribution is 9.10. The van der Waals surface area contributed by atoms with Gasteiger partial charge in [-0.25, -0.2) is 8.42 Å². The van der Waals surface area contributed by atoms with Crippen LogP contribution in [0.4, 0.5) is 0 Å². The Morgan fingerprint density at radius 1 is 1.10 bits per heavy atom. The van der Waals surface area contributed by atoms with Gasteiger partial charge in [0.05, 0.1) is 4.90 Å². The van der Waals surface area contributed by atoms with Crippen molar-refractivity contribution in [3.63, 3.8) is 0 Å². The molecule has 1 saturated carbocycles. The lowest BCUT2D eigenvalue weighted by Crippen LogP contribution is -2.37. The number of nitrogens with zero attached hydrogens (tertiary/aromatic N) is 1. The number of hydrogen-bond donors (Lipinski definition) is 1. The first-order chi connectivity index (χ1) is 14.3. The Morgan fingerprint density at radius 3 is 2.33 bits per heavy atom. The number of hydrogen-bond acceptors (Lipinski definition) is 4. The first-order valence-corrected chi connectivity index (χ1v) is 12.3. The van der Waals surface area contributed by atoms with E-state index in [2.05, 4.69) is 15.9 Å². The molecule has 1 aliphatic carbocycles. The van der Waals surface area contributed by atoms with E-state index in [1.165, 1.54) is 5.48 Å². The minimum atomic E-state index is -3.68. The highest BCUT2D eigenvalue weighted by Crippen LogP contribution is 2.32. The zero-order valence-electron chi connectivity index (χ0n) is 16.9. The molecule has 0 atom stereocenters. The van der Waals surface area contributed by atoms with Crippen LogP contribution in [0.2, 0.25) is 0 Å². The van der Waals surface area contributed by atoms with E-state index in [-0.39, 0.29) is 16.7 Å². The van der Waals surface area contributed by atoms with Crippen molar-refractivity contribution in [1.82, 2.24) is 9.79 Å². The first-order valence-electron chi connectivity index (χ1n) is 10.0. The summed E-state index contributed by atoms with van der Waals surface area (Å²) >= 11 is 3.35. The normalized spacial score (nSPS) is 19.6. The largest absolute Gasteiger partial charge is 0.759 e. The zero-order valence-corrected chi connectivity index (χ0v) is 19.3. The smallest absolute Gasteiger partial charge is 0.243 e. The van der Waals surface area contributed by atoms with Crippen molar-refractivity contribution in [3.8, 4) is 0 Å². The molecule has 0 heterocycles. The molecule has 0 bridgehead atoms. The second-order valence-electron chi connectivity index (χ2n) is 7.86. The molecule has 1 fully saturated rings. The van der Waals surface area contributed by atoms with Gasteiger partial charge in [0.1, 0.15) is 0 Å². The van der Waals surface area contributed by atoms with Crippen LogP contribution in [0.3, 0.4) is 0 Å². The molecular formula is C22H26BrN2O4S-. The van der Waals surface area contributed by atoms with E-state index in [0.29, 0.717) is 25.9 Å². The fourth-order valence-corrected chi connectivity index (χ4v) is 5.72. The van der Waals surface area contributed by atoms with Gasteiger partial charge in [-0.3, -0.25) is 4.79 Å². The Balaban J connectivity index is 1.82. The van der Waals surface area contributed by atoms with Crippen molar-refractivity contribution < 1.29 is 13.2 Å². The summed E-state index contributed by atoms with van der Waals surface area (Å²) in [6, 6.07) is 14.5. The van der Waals surface area contributed by atoms with Gasteiger partial charge in [0.25, 0.3) is 0 Å². The number of nitrogens with one attached hydrogen (secondary N) is 1. The third-order valence-electron chi connectivity index (χ3n) is 5.84. The number of halogens is 1. The third kappa shape index (κ3) is 5.49. The minimum absolute atomic E-state index is 0.148. The van der Waals surface area contributed by atoms with E-state index in [1.54, 1.807) is 28.6 Å². The zero-order chi connectivity index (χ0) is 21.7. The van der Waals surface area contributed by atoms with Gasteiger partial charge < -0.3 is 10.7 Å². The lowest BCUT2D eigenvalue weighted by atomic mass is 9.81. The molecule has 1 aliphatic rings. The predicted molar refractivity (Wildman–Crippen MR) is 120 cm³/mol. The molecule has 0 spiro atoms. The molecule has 2 aromatic rings. The van der Waals surface area contributed by atoms with Gasteiger partial charge in [-0.2, -0.15) is 4.31 Å². The molecule has 30 heavy (non-hydrogen) atoms. The summed E-state index contributed by atoms with van der Waals surface area (Å²) < 4.78 is 29.3. The summed E-state index contributed by atoms with van der Waals surface area (Å²) in [7, 11) is -3.68. The van der Waals surface area contributed by atoms with Crippen LogP contribution < -0.4 is 5.48 Å². The van der Waals surface area contributed by atoms with Crippen LogP contribution >= 0.6 is 15.9 Å². The molecule has 0 unspecified atom stereocenters.